The molecule has 2 aromatic carbocycles. The van der Waals surface area contributed by atoms with E-state index in [0.717, 1.165) is 5.56 Å². The van der Waals surface area contributed by atoms with E-state index in [0.29, 0.717) is 24.2 Å². The second-order valence-electron chi connectivity index (χ2n) is 16.3. The van der Waals surface area contributed by atoms with E-state index >= 15 is 0 Å². The molecule has 15 heteroatoms. The summed E-state index contributed by atoms with van der Waals surface area (Å²) in [5.74, 6) is -4.81. The van der Waals surface area contributed by atoms with Crippen LogP contribution in [0.25, 0.3) is 0 Å². The Hall–Kier alpha value is -5.02. The maximum Gasteiger partial charge on any atom is 0.326 e. The number of carbonyl (C=O) groups excluding carboxylic acids is 5. The lowest BCUT2D eigenvalue weighted by atomic mass is 9.94. The molecule has 4 amide bonds. The van der Waals surface area contributed by atoms with Crippen LogP contribution in [-0.2, 0) is 46.3 Å². The molecule has 0 fully saturated rings. The molecule has 0 radical (unpaired) electrons. The average Bonchev–Trinajstić information content (AvgIpc) is 3.15. The molecule has 0 aliphatic carbocycles. The monoisotopic (exact) mass is 811 g/mol. The largest absolute Gasteiger partial charge is 0.491 e. The van der Waals surface area contributed by atoms with Crippen LogP contribution in [0.1, 0.15) is 92.7 Å². The molecule has 0 saturated heterocycles. The molecule has 0 aliphatic heterocycles. The van der Waals surface area contributed by atoms with Crippen molar-refractivity contribution in [3.8, 4) is 5.75 Å². The maximum absolute atomic E-state index is 14.0. The van der Waals surface area contributed by atoms with Crippen LogP contribution in [0, 0.1) is 17.8 Å². The highest BCUT2D eigenvalue weighted by molar-refractivity contribution is 5.91. The fraction of sp³-hybridized carbons (Fsp3) is 0.581. The third-order valence-corrected chi connectivity index (χ3v) is 9.74. The van der Waals surface area contributed by atoms with Gasteiger partial charge in [0.15, 0.2) is 0 Å². The van der Waals surface area contributed by atoms with E-state index < -0.39 is 89.8 Å². The van der Waals surface area contributed by atoms with Crippen LogP contribution in [-0.4, -0.2) is 94.3 Å². The van der Waals surface area contributed by atoms with Gasteiger partial charge in [-0.2, -0.15) is 0 Å². The van der Waals surface area contributed by atoms with Gasteiger partial charge in [0, 0.05) is 0 Å². The second kappa shape index (κ2) is 23.4. The van der Waals surface area contributed by atoms with Crippen molar-refractivity contribution in [2.24, 2.45) is 23.5 Å². The molecule has 322 valence electrons. The van der Waals surface area contributed by atoms with Gasteiger partial charge in [-0.1, -0.05) is 96.8 Å². The molecule has 0 bridgehead atoms. The lowest BCUT2D eigenvalue weighted by Gasteiger charge is -2.30. The number of esters is 1. The summed E-state index contributed by atoms with van der Waals surface area (Å²) in [6.07, 6.45) is -0.804. The molecule has 8 N–H and O–H groups in total. The maximum atomic E-state index is 14.0. The molecular formula is C43H65N5O10. The summed E-state index contributed by atoms with van der Waals surface area (Å²) in [4.78, 5) is 78.0. The van der Waals surface area contributed by atoms with Crippen LogP contribution in [0.5, 0.6) is 5.75 Å². The number of carboxylic acids is 1. The molecule has 0 aliphatic rings. The van der Waals surface area contributed by atoms with E-state index in [1.165, 1.54) is 0 Å². The molecule has 3 unspecified atom stereocenters. The standard InChI is InChI=1S/C43H65N5O10/c1-10-26(5)37(46-34(50)22-29-18-15-19-30(20-29)57-24-31(44)42(56)58-43(7,8)9)39(52)45-32(21-28-16-13-12-14-17-28)33(49)23-35(51)47-38(27(6)11-2)40(53)48-36(25(3)4)41(54)55/h12-20,25-27,31-33,36-38,49H,10-11,21-24,44H2,1-9H3,(H,45,52)(H,46,50)(H,47,51)(H,48,53)(H,54,55)/t26?,27-,31?,32-,33-,36-,37?,38-/m0/s1. The number of amides is 4. The Morgan fingerprint density at radius 3 is 1.83 bits per heavy atom. The zero-order valence-electron chi connectivity index (χ0n) is 35.4. The van der Waals surface area contributed by atoms with Gasteiger partial charge in [-0.15, -0.1) is 0 Å². The van der Waals surface area contributed by atoms with Gasteiger partial charge in [-0.3, -0.25) is 24.0 Å². The van der Waals surface area contributed by atoms with Gasteiger partial charge in [0.1, 0.15) is 42.1 Å². The number of nitrogens with one attached hydrogen (secondary N) is 4. The summed E-state index contributed by atoms with van der Waals surface area (Å²) < 4.78 is 11.0. The second-order valence-corrected chi connectivity index (χ2v) is 16.3. The first kappa shape index (κ1) is 49.1. The van der Waals surface area contributed by atoms with Crippen LogP contribution in [0.15, 0.2) is 54.6 Å². The quantitative estimate of drug-likeness (QED) is 0.0806. The molecule has 0 spiro atoms. The van der Waals surface area contributed by atoms with Gasteiger partial charge in [-0.05, 0) is 68.2 Å². The Kier molecular flexibility index (Phi) is 19.8. The summed E-state index contributed by atoms with van der Waals surface area (Å²) in [6, 6.07) is 10.6. The lowest BCUT2D eigenvalue weighted by molar-refractivity contribution is -0.157. The Labute approximate surface area is 342 Å². The topological polar surface area (TPSA) is 235 Å². The third-order valence-electron chi connectivity index (χ3n) is 9.74. The number of hydrogen-bond donors (Lipinski definition) is 7. The average molecular weight is 812 g/mol. The number of aliphatic hydroxyl groups excluding tert-OH is 1. The number of carboxylic acid groups (broad SMARTS) is 1. The van der Waals surface area contributed by atoms with Crippen molar-refractivity contribution in [2.45, 2.75) is 136 Å². The van der Waals surface area contributed by atoms with Crippen molar-refractivity contribution in [3.05, 3.63) is 65.7 Å². The Balaban J connectivity index is 2.21. The lowest BCUT2D eigenvalue weighted by Crippen LogP contribution is -2.57. The van der Waals surface area contributed by atoms with E-state index in [1.807, 2.05) is 51.1 Å². The van der Waals surface area contributed by atoms with Crippen molar-refractivity contribution < 1.29 is 48.5 Å². The van der Waals surface area contributed by atoms with Gasteiger partial charge >= 0.3 is 11.9 Å². The molecule has 58 heavy (non-hydrogen) atoms. The number of rotatable bonds is 23. The van der Waals surface area contributed by atoms with Gasteiger partial charge in [0.05, 0.1) is 25.0 Å². The molecule has 8 atom stereocenters. The van der Waals surface area contributed by atoms with Crippen molar-refractivity contribution in [1.29, 1.82) is 0 Å². The Bertz CT molecular complexity index is 1660. The fourth-order valence-corrected chi connectivity index (χ4v) is 5.94. The minimum Gasteiger partial charge on any atom is -0.491 e. The predicted molar refractivity (Wildman–Crippen MR) is 219 cm³/mol. The van der Waals surface area contributed by atoms with Gasteiger partial charge < -0.3 is 46.7 Å². The molecule has 0 aromatic heterocycles. The van der Waals surface area contributed by atoms with Crippen LogP contribution < -0.4 is 31.7 Å². The first-order chi connectivity index (χ1) is 27.1. The van der Waals surface area contributed by atoms with Crippen molar-refractivity contribution in [1.82, 2.24) is 21.3 Å². The van der Waals surface area contributed by atoms with Crippen LogP contribution >= 0.6 is 0 Å². The number of aliphatic hydroxyl groups is 1. The van der Waals surface area contributed by atoms with E-state index in [2.05, 4.69) is 21.3 Å². The van der Waals surface area contributed by atoms with E-state index in [-0.39, 0.29) is 31.3 Å². The minimum atomic E-state index is -1.41. The summed E-state index contributed by atoms with van der Waals surface area (Å²) in [5.41, 5.74) is 6.60. The first-order valence-electron chi connectivity index (χ1n) is 20.0. The fourth-order valence-electron chi connectivity index (χ4n) is 5.94. The zero-order valence-corrected chi connectivity index (χ0v) is 35.4. The number of ether oxygens (including phenoxy) is 2. The van der Waals surface area contributed by atoms with E-state index in [1.54, 1.807) is 65.8 Å². The highest BCUT2D eigenvalue weighted by atomic mass is 16.6. The number of carbonyl (C=O) groups is 6. The number of aliphatic carboxylic acids is 1. The first-order valence-corrected chi connectivity index (χ1v) is 20.0. The Morgan fingerprint density at radius 2 is 1.29 bits per heavy atom. The smallest absolute Gasteiger partial charge is 0.326 e. The molecule has 15 nitrogen and oxygen atoms in total. The molecule has 2 aromatic rings. The van der Waals surface area contributed by atoms with Crippen LogP contribution in [0.4, 0.5) is 0 Å². The normalized spacial score (nSPS) is 15.7. The van der Waals surface area contributed by atoms with E-state index in [4.69, 9.17) is 15.2 Å². The van der Waals surface area contributed by atoms with Gasteiger partial charge in [-0.25, -0.2) is 4.79 Å². The number of benzene rings is 2. The van der Waals surface area contributed by atoms with Crippen LogP contribution in [0.2, 0.25) is 0 Å². The summed E-state index contributed by atoms with van der Waals surface area (Å²) in [5, 5.41) is 32.0. The minimum absolute atomic E-state index is 0.0962. The molecule has 0 saturated carbocycles. The molecular weight excluding hydrogens is 746 g/mol. The van der Waals surface area contributed by atoms with E-state index in [9.17, 15) is 39.0 Å². The summed E-state index contributed by atoms with van der Waals surface area (Å²) in [7, 11) is 0. The van der Waals surface area contributed by atoms with Gasteiger partial charge in [0.2, 0.25) is 23.6 Å². The van der Waals surface area contributed by atoms with Gasteiger partial charge in [0.25, 0.3) is 0 Å². The Morgan fingerprint density at radius 1 is 0.741 bits per heavy atom. The molecule has 2 rings (SSSR count). The van der Waals surface area contributed by atoms with Crippen molar-refractivity contribution in [3.63, 3.8) is 0 Å². The van der Waals surface area contributed by atoms with Crippen molar-refractivity contribution >= 4 is 35.6 Å². The number of hydrogen-bond acceptors (Lipinski definition) is 10. The van der Waals surface area contributed by atoms with Crippen LogP contribution in [0.3, 0.4) is 0 Å². The van der Waals surface area contributed by atoms with Crippen molar-refractivity contribution in [2.75, 3.05) is 6.61 Å². The zero-order chi connectivity index (χ0) is 43.7. The summed E-state index contributed by atoms with van der Waals surface area (Å²) >= 11 is 0. The highest BCUT2D eigenvalue weighted by Gasteiger charge is 2.34. The molecule has 0 heterocycles. The highest BCUT2D eigenvalue weighted by Crippen LogP contribution is 2.18. The predicted octanol–water partition coefficient (Wildman–Crippen LogP) is 3.04. The third kappa shape index (κ3) is 16.8. The number of nitrogens with two attached hydrogens (primary N) is 1. The summed E-state index contributed by atoms with van der Waals surface area (Å²) in [6.45, 7) is 15.7. The SMILES string of the molecule is CCC(C)C(NC(=O)Cc1cccc(OCC(N)C(=O)OC(C)(C)C)c1)C(=O)N[C@@H](Cc1ccccc1)[C@@H](O)CC(=O)N[C@H](C(=O)N[C@H](C(=O)O)C(C)C)[C@@H](C)CC.